The van der Waals surface area contributed by atoms with Gasteiger partial charge >= 0.3 is 0 Å². The molecule has 1 N–H and O–H groups in total. The van der Waals surface area contributed by atoms with Crippen molar-refractivity contribution in [2.24, 2.45) is 0 Å². The number of aromatic nitrogens is 6. The first-order chi connectivity index (χ1) is 11.5. The van der Waals surface area contributed by atoms with Crippen LogP contribution < -0.4 is 5.32 Å². The smallest absolute Gasteiger partial charge is 0.252 e. The minimum Gasteiger partial charge on any atom is -0.350 e. The zero-order valence-electron chi connectivity index (χ0n) is 13.9. The molecule has 0 aliphatic carbocycles. The maximum Gasteiger partial charge on any atom is 0.252 e. The molecule has 124 valence electrons. The van der Waals surface area contributed by atoms with Gasteiger partial charge in [-0.3, -0.25) is 14.8 Å². The monoisotopic (exact) mass is 325 g/mol. The number of carbonyl (C=O) groups excluding carboxylic acids is 1. The molecule has 0 aliphatic rings. The lowest BCUT2D eigenvalue weighted by molar-refractivity contribution is -0.121. The molecule has 0 aliphatic heterocycles. The van der Waals surface area contributed by atoms with Crippen molar-refractivity contribution in [3.05, 3.63) is 47.1 Å². The Balaban J connectivity index is 1.61. The molecule has 3 aromatic heterocycles. The lowest BCUT2D eigenvalue weighted by atomic mass is 10.1. The molecule has 8 heteroatoms. The summed E-state index contributed by atoms with van der Waals surface area (Å²) in [5, 5.41) is 7.02. The van der Waals surface area contributed by atoms with Crippen molar-refractivity contribution < 1.29 is 4.79 Å². The molecule has 3 heterocycles. The summed E-state index contributed by atoms with van der Waals surface area (Å²) in [6.45, 7) is 6.15. The summed E-state index contributed by atoms with van der Waals surface area (Å²) in [7, 11) is 0. The minimum atomic E-state index is -0.0325. The first-order valence-electron chi connectivity index (χ1n) is 7.74. The Labute approximate surface area is 139 Å². The molecule has 0 spiro atoms. The Kier molecular flexibility index (Phi) is 4.45. The maximum absolute atomic E-state index is 12.1. The van der Waals surface area contributed by atoms with Crippen LogP contribution in [0, 0.1) is 20.8 Å². The van der Waals surface area contributed by atoms with Gasteiger partial charge in [0.05, 0.1) is 24.1 Å². The highest BCUT2D eigenvalue weighted by atomic mass is 16.1. The fraction of sp³-hybridized carbons (Fsp3) is 0.375. The van der Waals surface area contributed by atoms with E-state index in [0.29, 0.717) is 25.2 Å². The lowest BCUT2D eigenvalue weighted by Crippen LogP contribution is -2.24. The summed E-state index contributed by atoms with van der Waals surface area (Å²) >= 11 is 0. The molecule has 0 radical (unpaired) electrons. The van der Waals surface area contributed by atoms with Crippen molar-refractivity contribution in [3.8, 4) is 0 Å². The van der Waals surface area contributed by atoms with Crippen LogP contribution in [0.2, 0.25) is 0 Å². The van der Waals surface area contributed by atoms with Crippen LogP contribution in [0.25, 0.3) is 5.78 Å². The molecular weight excluding hydrogens is 306 g/mol. The number of fused-ring (bicyclic) bond motifs is 1. The fourth-order valence-electron chi connectivity index (χ4n) is 2.54. The Hall–Kier alpha value is -2.90. The number of carbonyl (C=O) groups is 1. The topological polar surface area (TPSA) is 98.0 Å². The standard InChI is InChI=1S/C16H19N7O/c1-10-6-18-13(7-17-10)8-19-15(24)5-4-14-11(2)22-16-20-9-21-23(16)12(14)3/h6-7,9H,4-5,8H2,1-3H3,(H,19,24). The molecule has 0 bridgehead atoms. The average Bonchev–Trinajstić information content (AvgIpc) is 3.02. The third-order valence-corrected chi connectivity index (χ3v) is 3.89. The van der Waals surface area contributed by atoms with E-state index in [1.54, 1.807) is 16.9 Å². The highest BCUT2D eigenvalue weighted by Gasteiger charge is 2.12. The van der Waals surface area contributed by atoms with Crippen LogP contribution in [0.4, 0.5) is 0 Å². The number of hydrogen-bond donors (Lipinski definition) is 1. The molecule has 0 aromatic carbocycles. The Bertz CT molecular complexity index is 870. The van der Waals surface area contributed by atoms with E-state index in [2.05, 4.69) is 30.4 Å². The summed E-state index contributed by atoms with van der Waals surface area (Å²) in [6.07, 6.45) is 5.82. The number of rotatable bonds is 5. The molecule has 1 amide bonds. The van der Waals surface area contributed by atoms with Crippen molar-refractivity contribution in [3.63, 3.8) is 0 Å². The number of aryl methyl sites for hydroxylation is 3. The highest BCUT2D eigenvalue weighted by molar-refractivity contribution is 5.76. The zero-order chi connectivity index (χ0) is 17.1. The molecule has 0 fully saturated rings. The van der Waals surface area contributed by atoms with Gasteiger partial charge in [-0.2, -0.15) is 10.1 Å². The molecule has 3 rings (SSSR count). The summed E-state index contributed by atoms with van der Waals surface area (Å²) in [5.41, 5.74) is 4.47. The van der Waals surface area contributed by atoms with Gasteiger partial charge in [0.1, 0.15) is 6.33 Å². The van der Waals surface area contributed by atoms with Gasteiger partial charge < -0.3 is 5.32 Å². The second kappa shape index (κ2) is 6.69. The molecule has 0 unspecified atom stereocenters. The van der Waals surface area contributed by atoms with E-state index in [1.165, 1.54) is 6.33 Å². The van der Waals surface area contributed by atoms with Gasteiger partial charge in [-0.25, -0.2) is 9.50 Å². The van der Waals surface area contributed by atoms with E-state index in [1.807, 2.05) is 20.8 Å². The van der Waals surface area contributed by atoms with Gasteiger partial charge in [-0.05, 0) is 32.8 Å². The van der Waals surface area contributed by atoms with Crippen LogP contribution in [0.15, 0.2) is 18.7 Å². The highest BCUT2D eigenvalue weighted by Crippen LogP contribution is 2.14. The minimum absolute atomic E-state index is 0.0325. The van der Waals surface area contributed by atoms with Crippen molar-refractivity contribution in [1.29, 1.82) is 0 Å². The largest absolute Gasteiger partial charge is 0.350 e. The second-order valence-electron chi connectivity index (χ2n) is 5.66. The summed E-state index contributed by atoms with van der Waals surface area (Å²) in [6, 6.07) is 0. The van der Waals surface area contributed by atoms with Gasteiger partial charge in [0.15, 0.2) is 0 Å². The maximum atomic E-state index is 12.1. The molecule has 0 atom stereocenters. The van der Waals surface area contributed by atoms with Crippen molar-refractivity contribution in [1.82, 2.24) is 34.9 Å². The van der Waals surface area contributed by atoms with Crippen molar-refractivity contribution in [2.75, 3.05) is 0 Å². The van der Waals surface area contributed by atoms with Crippen molar-refractivity contribution in [2.45, 2.75) is 40.2 Å². The van der Waals surface area contributed by atoms with Gasteiger partial charge in [-0.1, -0.05) is 0 Å². The van der Waals surface area contributed by atoms with Gasteiger partial charge in [0, 0.05) is 24.0 Å². The van der Waals surface area contributed by atoms with Crippen LogP contribution in [0.1, 0.15) is 34.8 Å². The number of nitrogens with one attached hydrogen (secondary N) is 1. The summed E-state index contributed by atoms with van der Waals surface area (Å²) in [5.74, 6) is 0.547. The number of hydrogen-bond acceptors (Lipinski definition) is 6. The third-order valence-electron chi connectivity index (χ3n) is 3.89. The lowest BCUT2D eigenvalue weighted by Gasteiger charge is -2.10. The van der Waals surface area contributed by atoms with E-state index in [-0.39, 0.29) is 5.91 Å². The Morgan fingerprint density at radius 1 is 1.17 bits per heavy atom. The average molecular weight is 325 g/mol. The first kappa shape index (κ1) is 16.0. The first-order valence-corrected chi connectivity index (χ1v) is 7.74. The van der Waals surface area contributed by atoms with E-state index >= 15 is 0 Å². The van der Waals surface area contributed by atoms with Gasteiger partial charge in [0.2, 0.25) is 5.91 Å². The molecular formula is C16H19N7O. The van der Waals surface area contributed by atoms with Gasteiger partial charge in [0.25, 0.3) is 5.78 Å². The number of amides is 1. The zero-order valence-corrected chi connectivity index (χ0v) is 13.9. The summed E-state index contributed by atoms with van der Waals surface area (Å²) in [4.78, 5) is 29.0. The van der Waals surface area contributed by atoms with Crippen molar-refractivity contribution >= 4 is 11.7 Å². The third kappa shape index (κ3) is 3.37. The SMILES string of the molecule is Cc1cnc(CNC(=O)CCc2c(C)nc3ncnn3c2C)cn1. The summed E-state index contributed by atoms with van der Waals surface area (Å²) < 4.78 is 1.70. The quantitative estimate of drug-likeness (QED) is 0.754. The Morgan fingerprint density at radius 2 is 2.00 bits per heavy atom. The molecule has 3 aromatic rings. The fourth-order valence-corrected chi connectivity index (χ4v) is 2.54. The van der Waals surface area contributed by atoms with E-state index in [9.17, 15) is 4.79 Å². The number of nitrogens with zero attached hydrogens (tertiary/aromatic N) is 6. The van der Waals surface area contributed by atoms with Crippen LogP contribution in [0.5, 0.6) is 0 Å². The molecule has 0 saturated carbocycles. The van der Waals surface area contributed by atoms with Crippen LogP contribution in [0.3, 0.4) is 0 Å². The predicted molar refractivity (Wildman–Crippen MR) is 87.2 cm³/mol. The predicted octanol–water partition coefficient (Wildman–Crippen LogP) is 1.09. The van der Waals surface area contributed by atoms with Crippen LogP contribution in [-0.4, -0.2) is 35.5 Å². The van der Waals surface area contributed by atoms with Crippen LogP contribution in [-0.2, 0) is 17.8 Å². The normalized spacial score (nSPS) is 11.0. The van der Waals surface area contributed by atoms with E-state index < -0.39 is 0 Å². The van der Waals surface area contributed by atoms with Gasteiger partial charge in [-0.15, -0.1) is 0 Å². The second-order valence-corrected chi connectivity index (χ2v) is 5.66. The van der Waals surface area contributed by atoms with Crippen LogP contribution >= 0.6 is 0 Å². The molecule has 0 saturated heterocycles. The molecule has 8 nitrogen and oxygen atoms in total. The Morgan fingerprint density at radius 3 is 2.75 bits per heavy atom. The van der Waals surface area contributed by atoms with E-state index in [0.717, 1.165) is 28.3 Å². The molecule has 24 heavy (non-hydrogen) atoms. The van der Waals surface area contributed by atoms with E-state index in [4.69, 9.17) is 0 Å².